The van der Waals surface area contributed by atoms with E-state index in [2.05, 4.69) is 5.10 Å². The maximum absolute atomic E-state index is 12.9. The number of halogens is 3. The van der Waals surface area contributed by atoms with Gasteiger partial charge in [0.25, 0.3) is 0 Å². The molecule has 6 nitrogen and oxygen atoms in total. The first-order valence-corrected chi connectivity index (χ1v) is 9.93. The van der Waals surface area contributed by atoms with Crippen molar-refractivity contribution in [3.63, 3.8) is 0 Å². The maximum atomic E-state index is 12.9. The summed E-state index contributed by atoms with van der Waals surface area (Å²) in [5.41, 5.74) is -1.02. The van der Waals surface area contributed by atoms with Crippen LogP contribution in [0.2, 0.25) is 0 Å². The van der Waals surface area contributed by atoms with E-state index in [9.17, 15) is 22.8 Å². The van der Waals surface area contributed by atoms with Crippen LogP contribution in [0.15, 0.2) is 4.79 Å². The van der Waals surface area contributed by atoms with Gasteiger partial charge < -0.3 is 4.74 Å². The number of aromatic nitrogens is 3. The van der Waals surface area contributed by atoms with E-state index in [1.54, 1.807) is 20.8 Å². The van der Waals surface area contributed by atoms with Crippen molar-refractivity contribution in [1.29, 1.82) is 0 Å². The molecular formula is C19H28F3N3O3. The molecule has 0 amide bonds. The highest BCUT2D eigenvalue weighted by Gasteiger charge is 2.41. The van der Waals surface area contributed by atoms with Crippen molar-refractivity contribution in [2.45, 2.75) is 90.1 Å². The van der Waals surface area contributed by atoms with Crippen molar-refractivity contribution in [2.24, 2.45) is 11.8 Å². The molecule has 1 aliphatic carbocycles. The molecule has 9 heteroatoms. The third kappa shape index (κ3) is 4.60. The summed E-state index contributed by atoms with van der Waals surface area (Å²) in [6.45, 7) is 5.62. The van der Waals surface area contributed by atoms with Gasteiger partial charge in [0.15, 0.2) is 0 Å². The van der Waals surface area contributed by atoms with Crippen LogP contribution in [0.4, 0.5) is 13.2 Å². The van der Waals surface area contributed by atoms with Crippen molar-refractivity contribution in [2.75, 3.05) is 0 Å². The van der Waals surface area contributed by atoms with Crippen LogP contribution in [0.3, 0.4) is 0 Å². The summed E-state index contributed by atoms with van der Waals surface area (Å²) in [6, 6.07) is -0.690. The van der Waals surface area contributed by atoms with Gasteiger partial charge in [0.05, 0.1) is 5.92 Å². The van der Waals surface area contributed by atoms with Gasteiger partial charge in [-0.25, -0.2) is 14.3 Å². The SMILES string of the molecule is CC(C)(C)OC(=O)[C@H]1CCCc2nn(CC3CCC(C(F)(F)F)CC3)c(=O)n21. The molecule has 158 valence electrons. The highest BCUT2D eigenvalue weighted by Crippen LogP contribution is 2.39. The largest absolute Gasteiger partial charge is 0.458 e. The summed E-state index contributed by atoms with van der Waals surface area (Å²) in [4.78, 5) is 25.4. The number of hydrogen-bond acceptors (Lipinski definition) is 4. The van der Waals surface area contributed by atoms with Crippen LogP contribution in [0.1, 0.15) is 71.2 Å². The third-order valence-corrected chi connectivity index (χ3v) is 5.55. The molecule has 0 N–H and O–H groups in total. The number of aryl methyl sites for hydroxylation is 1. The van der Waals surface area contributed by atoms with E-state index in [1.165, 1.54) is 9.25 Å². The fourth-order valence-electron chi connectivity index (χ4n) is 4.16. The van der Waals surface area contributed by atoms with Gasteiger partial charge in [-0.05, 0) is 65.2 Å². The van der Waals surface area contributed by atoms with Crippen LogP contribution in [0.5, 0.6) is 0 Å². The number of hydrogen-bond donors (Lipinski definition) is 0. The molecule has 0 aromatic carbocycles. The second-order valence-corrected chi connectivity index (χ2v) is 8.95. The number of ether oxygens (including phenoxy) is 1. The minimum atomic E-state index is -4.14. The predicted molar refractivity (Wildman–Crippen MR) is 95.8 cm³/mol. The standard InChI is InChI=1S/C19H28F3N3O3/c1-18(2,3)28-16(26)14-5-4-6-15-23-24(17(27)25(14)15)11-12-7-9-13(10-8-12)19(20,21)22/h12-14H,4-11H2,1-3H3/t12?,13?,14-/m1/s1. The van der Waals surface area contributed by atoms with E-state index >= 15 is 0 Å². The zero-order valence-electron chi connectivity index (χ0n) is 16.6. The Labute approximate surface area is 162 Å². The van der Waals surface area contributed by atoms with E-state index in [0.717, 1.165) is 6.42 Å². The lowest BCUT2D eigenvalue weighted by molar-refractivity contribution is -0.184. The first-order chi connectivity index (χ1) is 13.0. The van der Waals surface area contributed by atoms with Crippen LogP contribution in [-0.2, 0) is 22.5 Å². The zero-order valence-corrected chi connectivity index (χ0v) is 16.6. The second kappa shape index (κ2) is 7.55. The molecule has 1 aliphatic heterocycles. The number of alkyl halides is 3. The minimum absolute atomic E-state index is 0.00627. The molecule has 3 rings (SSSR count). The lowest BCUT2D eigenvalue weighted by atomic mass is 9.81. The molecule has 1 fully saturated rings. The number of carbonyl (C=O) groups is 1. The van der Waals surface area contributed by atoms with E-state index in [0.29, 0.717) is 38.1 Å². The molecule has 2 heterocycles. The Morgan fingerprint density at radius 1 is 1.14 bits per heavy atom. The molecule has 0 spiro atoms. The van der Waals surface area contributed by atoms with E-state index in [-0.39, 0.29) is 24.4 Å². The molecule has 2 aliphatic rings. The summed E-state index contributed by atoms with van der Waals surface area (Å²) < 4.78 is 46.7. The van der Waals surface area contributed by atoms with Crippen LogP contribution in [0, 0.1) is 11.8 Å². The Bertz CT molecular complexity index is 768. The Hall–Kier alpha value is -1.80. The van der Waals surface area contributed by atoms with Gasteiger partial charge in [-0.1, -0.05) is 0 Å². The fourth-order valence-corrected chi connectivity index (χ4v) is 4.16. The van der Waals surface area contributed by atoms with E-state index in [1.807, 2.05) is 0 Å². The Kier molecular flexibility index (Phi) is 5.64. The molecule has 28 heavy (non-hydrogen) atoms. The summed E-state index contributed by atoms with van der Waals surface area (Å²) in [7, 11) is 0. The van der Waals surface area contributed by atoms with Gasteiger partial charge in [0.2, 0.25) is 0 Å². The van der Waals surface area contributed by atoms with Crippen molar-refractivity contribution in [3.05, 3.63) is 16.3 Å². The van der Waals surface area contributed by atoms with E-state index < -0.39 is 29.7 Å². The van der Waals surface area contributed by atoms with Crippen LogP contribution >= 0.6 is 0 Å². The average Bonchev–Trinajstić information content (AvgIpc) is 2.89. The summed E-state index contributed by atoms with van der Waals surface area (Å²) in [5, 5.41) is 4.38. The highest BCUT2D eigenvalue weighted by molar-refractivity contribution is 5.74. The summed E-state index contributed by atoms with van der Waals surface area (Å²) >= 11 is 0. The number of fused-ring (bicyclic) bond motifs is 1. The third-order valence-electron chi connectivity index (χ3n) is 5.55. The molecule has 0 saturated heterocycles. The van der Waals surface area contributed by atoms with Crippen molar-refractivity contribution in [3.8, 4) is 0 Å². The summed E-state index contributed by atoms with van der Waals surface area (Å²) in [5.74, 6) is -1.14. The van der Waals surface area contributed by atoms with Gasteiger partial charge in [-0.2, -0.15) is 18.3 Å². The first-order valence-electron chi connectivity index (χ1n) is 9.93. The molecule has 1 saturated carbocycles. The Morgan fingerprint density at radius 2 is 1.79 bits per heavy atom. The van der Waals surface area contributed by atoms with Gasteiger partial charge in [-0.3, -0.25) is 4.57 Å². The lowest BCUT2D eigenvalue weighted by Gasteiger charge is -2.29. The monoisotopic (exact) mass is 403 g/mol. The number of carbonyl (C=O) groups excluding carboxylic acids is 1. The van der Waals surface area contributed by atoms with Gasteiger partial charge in [0, 0.05) is 13.0 Å². The summed E-state index contributed by atoms with van der Waals surface area (Å²) in [6.07, 6.45) is -1.25. The van der Waals surface area contributed by atoms with E-state index in [4.69, 9.17) is 4.74 Å². The maximum Gasteiger partial charge on any atom is 0.391 e. The molecule has 1 aromatic heterocycles. The Morgan fingerprint density at radius 3 is 2.36 bits per heavy atom. The van der Waals surface area contributed by atoms with Crippen LogP contribution < -0.4 is 5.69 Å². The number of nitrogens with zero attached hydrogens (tertiary/aromatic N) is 3. The second-order valence-electron chi connectivity index (χ2n) is 8.95. The van der Waals surface area contributed by atoms with Crippen molar-refractivity contribution in [1.82, 2.24) is 14.3 Å². The smallest absolute Gasteiger partial charge is 0.391 e. The average molecular weight is 403 g/mol. The zero-order chi connectivity index (χ0) is 20.7. The molecule has 0 radical (unpaired) electrons. The quantitative estimate of drug-likeness (QED) is 0.723. The normalized spacial score (nSPS) is 26.0. The molecule has 0 unspecified atom stereocenters. The lowest BCUT2D eigenvalue weighted by Crippen LogP contribution is -2.38. The highest BCUT2D eigenvalue weighted by atomic mass is 19.4. The predicted octanol–water partition coefficient (Wildman–Crippen LogP) is 3.63. The first kappa shape index (κ1) is 20.9. The fraction of sp³-hybridized carbons (Fsp3) is 0.842. The Balaban J connectivity index is 1.72. The molecule has 1 atom stereocenters. The molecular weight excluding hydrogens is 375 g/mol. The van der Waals surface area contributed by atoms with Crippen molar-refractivity contribution < 1.29 is 22.7 Å². The van der Waals surface area contributed by atoms with Crippen molar-refractivity contribution >= 4 is 5.97 Å². The van der Waals surface area contributed by atoms with Gasteiger partial charge >= 0.3 is 17.8 Å². The van der Waals surface area contributed by atoms with Crippen LogP contribution in [0.25, 0.3) is 0 Å². The topological polar surface area (TPSA) is 66.1 Å². The van der Waals surface area contributed by atoms with Gasteiger partial charge in [-0.15, -0.1) is 0 Å². The van der Waals surface area contributed by atoms with Gasteiger partial charge in [0.1, 0.15) is 17.5 Å². The number of rotatable bonds is 3. The minimum Gasteiger partial charge on any atom is -0.458 e. The molecule has 0 bridgehead atoms. The number of esters is 1. The molecule has 1 aromatic rings. The van der Waals surface area contributed by atoms with Crippen LogP contribution in [-0.4, -0.2) is 32.1 Å².